The van der Waals surface area contributed by atoms with Crippen LogP contribution in [0.5, 0.6) is 0 Å². The second-order valence-corrected chi connectivity index (χ2v) is 4.85. The van der Waals surface area contributed by atoms with E-state index in [1.54, 1.807) is 6.33 Å². The lowest BCUT2D eigenvalue weighted by molar-refractivity contribution is 0.547. The smallest absolute Gasteiger partial charge is 0.137 e. The highest BCUT2D eigenvalue weighted by Crippen LogP contribution is 2.10. The van der Waals surface area contributed by atoms with E-state index in [-0.39, 0.29) is 0 Å². The van der Waals surface area contributed by atoms with Crippen LogP contribution in [0.15, 0.2) is 23.8 Å². The predicted octanol–water partition coefficient (Wildman–Crippen LogP) is 1.63. The topological polar surface area (TPSA) is 53.6 Å². The third-order valence-corrected chi connectivity index (χ3v) is 3.31. The van der Waals surface area contributed by atoms with Gasteiger partial charge in [0.1, 0.15) is 12.2 Å². The molecular formula is C11H16N4S. The van der Waals surface area contributed by atoms with Crippen molar-refractivity contribution in [1.82, 2.24) is 20.5 Å². The molecule has 0 radical (unpaired) electrons. The minimum atomic E-state index is 0.501. The van der Waals surface area contributed by atoms with E-state index in [0.717, 1.165) is 25.2 Å². The lowest BCUT2D eigenvalue weighted by Gasteiger charge is -2.11. The van der Waals surface area contributed by atoms with E-state index in [4.69, 9.17) is 0 Å². The second kappa shape index (κ2) is 5.77. The van der Waals surface area contributed by atoms with Crippen molar-refractivity contribution in [2.75, 3.05) is 6.54 Å². The van der Waals surface area contributed by atoms with E-state index in [1.165, 1.54) is 4.88 Å². The lowest BCUT2D eigenvalue weighted by atomic mass is 10.2. The Balaban J connectivity index is 1.66. The number of nitrogens with one attached hydrogen (secondary N) is 2. The Morgan fingerprint density at radius 3 is 3.19 bits per heavy atom. The van der Waals surface area contributed by atoms with E-state index in [1.807, 2.05) is 11.3 Å². The highest BCUT2D eigenvalue weighted by Gasteiger charge is 2.04. The summed E-state index contributed by atoms with van der Waals surface area (Å²) in [5, 5.41) is 12.3. The van der Waals surface area contributed by atoms with Crippen LogP contribution in [0.2, 0.25) is 0 Å². The first-order chi connectivity index (χ1) is 7.84. The van der Waals surface area contributed by atoms with Crippen LogP contribution in [-0.2, 0) is 12.8 Å². The van der Waals surface area contributed by atoms with Crippen LogP contribution in [0, 0.1) is 0 Å². The van der Waals surface area contributed by atoms with E-state index in [2.05, 4.69) is 44.9 Å². The molecule has 0 aliphatic carbocycles. The number of aromatic amines is 1. The van der Waals surface area contributed by atoms with E-state index >= 15 is 0 Å². The summed E-state index contributed by atoms with van der Waals surface area (Å²) in [6, 6.07) is 4.78. The van der Waals surface area contributed by atoms with Crippen LogP contribution < -0.4 is 5.32 Å². The fourth-order valence-electron chi connectivity index (χ4n) is 1.59. The number of aromatic nitrogens is 3. The summed E-state index contributed by atoms with van der Waals surface area (Å²) >= 11 is 1.81. The Hall–Kier alpha value is -1.20. The Kier molecular flexibility index (Phi) is 4.07. The number of rotatable bonds is 6. The van der Waals surface area contributed by atoms with Crippen molar-refractivity contribution in [3.63, 3.8) is 0 Å². The van der Waals surface area contributed by atoms with Gasteiger partial charge in [-0.15, -0.1) is 11.3 Å². The molecule has 16 heavy (non-hydrogen) atoms. The molecule has 0 bridgehead atoms. The van der Waals surface area contributed by atoms with Gasteiger partial charge in [0.2, 0.25) is 0 Å². The minimum Gasteiger partial charge on any atom is -0.313 e. The quantitative estimate of drug-likeness (QED) is 0.801. The summed E-state index contributed by atoms with van der Waals surface area (Å²) < 4.78 is 0. The molecule has 86 valence electrons. The van der Waals surface area contributed by atoms with Gasteiger partial charge in [-0.3, -0.25) is 5.10 Å². The Bertz CT molecular complexity index is 382. The molecule has 0 saturated carbocycles. The zero-order valence-corrected chi connectivity index (χ0v) is 10.1. The lowest BCUT2D eigenvalue weighted by Crippen LogP contribution is -2.29. The van der Waals surface area contributed by atoms with Gasteiger partial charge >= 0.3 is 0 Å². The van der Waals surface area contributed by atoms with Crippen LogP contribution in [0.1, 0.15) is 17.6 Å². The third-order valence-electron chi connectivity index (χ3n) is 2.41. The first-order valence-corrected chi connectivity index (χ1v) is 6.32. The molecule has 2 aromatic heterocycles. The van der Waals surface area contributed by atoms with Crippen molar-refractivity contribution in [2.24, 2.45) is 0 Å². The fraction of sp³-hybridized carbons (Fsp3) is 0.455. The van der Waals surface area contributed by atoms with Crippen LogP contribution in [0.4, 0.5) is 0 Å². The maximum atomic E-state index is 4.08. The minimum absolute atomic E-state index is 0.501. The predicted molar refractivity (Wildman–Crippen MR) is 65.6 cm³/mol. The number of hydrogen-bond acceptors (Lipinski definition) is 4. The van der Waals surface area contributed by atoms with Gasteiger partial charge in [-0.2, -0.15) is 5.10 Å². The maximum absolute atomic E-state index is 4.08. The molecular weight excluding hydrogens is 220 g/mol. The molecule has 2 aromatic rings. The first kappa shape index (κ1) is 11.3. The van der Waals surface area contributed by atoms with Crippen LogP contribution in [0.3, 0.4) is 0 Å². The van der Waals surface area contributed by atoms with E-state index in [0.29, 0.717) is 6.04 Å². The van der Waals surface area contributed by atoms with Gasteiger partial charge in [-0.25, -0.2) is 4.98 Å². The molecule has 0 amide bonds. The molecule has 0 aliphatic rings. The van der Waals surface area contributed by atoms with Gasteiger partial charge in [-0.05, 0) is 24.8 Å². The first-order valence-electron chi connectivity index (χ1n) is 5.44. The van der Waals surface area contributed by atoms with Gasteiger partial charge in [0.05, 0.1) is 0 Å². The van der Waals surface area contributed by atoms with Crippen molar-refractivity contribution in [3.8, 4) is 0 Å². The number of hydrogen-bond donors (Lipinski definition) is 2. The molecule has 2 N–H and O–H groups in total. The molecule has 0 aromatic carbocycles. The van der Waals surface area contributed by atoms with Crippen LogP contribution in [0.25, 0.3) is 0 Å². The van der Waals surface area contributed by atoms with Crippen molar-refractivity contribution in [1.29, 1.82) is 0 Å². The molecule has 0 aliphatic heterocycles. The zero-order valence-electron chi connectivity index (χ0n) is 9.31. The van der Waals surface area contributed by atoms with E-state index < -0.39 is 0 Å². The highest BCUT2D eigenvalue weighted by atomic mass is 32.1. The maximum Gasteiger partial charge on any atom is 0.137 e. The van der Waals surface area contributed by atoms with Gasteiger partial charge in [0.15, 0.2) is 0 Å². The molecule has 1 atom stereocenters. The second-order valence-electron chi connectivity index (χ2n) is 3.82. The highest BCUT2D eigenvalue weighted by molar-refractivity contribution is 7.09. The van der Waals surface area contributed by atoms with Crippen molar-refractivity contribution in [2.45, 2.75) is 25.8 Å². The monoisotopic (exact) mass is 236 g/mol. The van der Waals surface area contributed by atoms with Gasteiger partial charge in [0.25, 0.3) is 0 Å². The zero-order chi connectivity index (χ0) is 11.2. The molecule has 0 saturated heterocycles. The Labute approximate surface area is 99.1 Å². The number of H-pyrrole nitrogens is 1. The normalized spacial score (nSPS) is 12.8. The summed E-state index contributed by atoms with van der Waals surface area (Å²) in [5.74, 6) is 0.941. The largest absolute Gasteiger partial charge is 0.313 e. The summed E-state index contributed by atoms with van der Waals surface area (Å²) in [7, 11) is 0. The molecule has 2 heterocycles. The average molecular weight is 236 g/mol. The van der Waals surface area contributed by atoms with E-state index in [9.17, 15) is 0 Å². The summed E-state index contributed by atoms with van der Waals surface area (Å²) in [6.07, 6.45) is 3.53. The average Bonchev–Trinajstić information content (AvgIpc) is 2.90. The summed E-state index contributed by atoms with van der Waals surface area (Å²) in [4.78, 5) is 5.51. The fourth-order valence-corrected chi connectivity index (χ4v) is 2.43. The SMILES string of the molecule is CC(Cc1cccs1)NCCc1ncn[nH]1. The summed E-state index contributed by atoms with van der Waals surface area (Å²) in [5.41, 5.74) is 0. The molecule has 4 nitrogen and oxygen atoms in total. The van der Waals surface area contributed by atoms with Crippen molar-refractivity contribution < 1.29 is 0 Å². The summed E-state index contributed by atoms with van der Waals surface area (Å²) in [6.45, 7) is 3.14. The molecule has 2 rings (SSSR count). The molecule has 1 unspecified atom stereocenters. The van der Waals surface area contributed by atoms with Crippen molar-refractivity contribution >= 4 is 11.3 Å². The number of thiophene rings is 1. The standard InChI is InChI=1S/C11H16N4S/c1-9(7-10-3-2-6-16-10)12-5-4-11-13-8-14-15-11/h2-3,6,8-9,12H,4-5,7H2,1H3,(H,13,14,15). The molecule has 5 heteroatoms. The van der Waals surface area contributed by atoms with Crippen LogP contribution in [-0.4, -0.2) is 27.8 Å². The molecule has 0 spiro atoms. The third kappa shape index (κ3) is 3.43. The number of nitrogens with zero attached hydrogens (tertiary/aromatic N) is 2. The Morgan fingerprint density at radius 2 is 2.50 bits per heavy atom. The molecule has 0 fully saturated rings. The van der Waals surface area contributed by atoms with Crippen LogP contribution >= 0.6 is 11.3 Å². The van der Waals surface area contributed by atoms with Gasteiger partial charge in [0, 0.05) is 23.9 Å². The van der Waals surface area contributed by atoms with Gasteiger partial charge < -0.3 is 5.32 Å². The van der Waals surface area contributed by atoms with Gasteiger partial charge in [-0.1, -0.05) is 6.07 Å². The Morgan fingerprint density at radius 1 is 1.56 bits per heavy atom. The van der Waals surface area contributed by atoms with Crippen molar-refractivity contribution in [3.05, 3.63) is 34.5 Å².